The van der Waals surface area contributed by atoms with Crippen LogP contribution < -0.4 is 10.2 Å². The Morgan fingerprint density at radius 2 is 2.00 bits per heavy atom. The highest BCUT2D eigenvalue weighted by atomic mass is 16.6. The molecule has 0 radical (unpaired) electrons. The summed E-state index contributed by atoms with van der Waals surface area (Å²) in [5, 5.41) is 13.9. The number of ether oxygens (including phenoxy) is 1. The Morgan fingerprint density at radius 1 is 1.31 bits per heavy atom. The summed E-state index contributed by atoms with van der Waals surface area (Å²) >= 11 is 0. The summed E-state index contributed by atoms with van der Waals surface area (Å²) in [6.07, 6.45) is 4.25. The van der Waals surface area contributed by atoms with Crippen molar-refractivity contribution in [1.29, 1.82) is 0 Å². The Kier molecular flexibility index (Phi) is 6.54. The molecule has 2 atom stereocenters. The van der Waals surface area contributed by atoms with Crippen molar-refractivity contribution < 1.29 is 19.2 Å². The molecule has 0 aliphatic heterocycles. The topological polar surface area (TPSA) is 102 Å². The molecule has 0 saturated heterocycles. The molecular weight excluding hydrogens is 338 g/mol. The van der Waals surface area contributed by atoms with Gasteiger partial charge in [-0.15, -0.1) is 0 Å². The fourth-order valence-corrected chi connectivity index (χ4v) is 3.18. The van der Waals surface area contributed by atoms with Crippen LogP contribution >= 0.6 is 0 Å². The predicted molar refractivity (Wildman–Crippen MR) is 97.3 cm³/mol. The van der Waals surface area contributed by atoms with Gasteiger partial charge in [-0.1, -0.05) is 19.8 Å². The minimum Gasteiger partial charge on any atom is -0.452 e. The zero-order valence-electron chi connectivity index (χ0n) is 15.4. The average molecular weight is 363 g/mol. The molecule has 1 aliphatic carbocycles. The number of benzene rings is 1. The molecule has 1 aromatic rings. The number of hydrogen-bond acceptors (Lipinski definition) is 6. The summed E-state index contributed by atoms with van der Waals surface area (Å²) in [6.45, 7) is 1.69. The number of carbonyl (C=O) groups is 2. The number of nitro benzene ring substituents is 1. The maximum Gasteiger partial charge on any atom is 0.341 e. The lowest BCUT2D eigenvalue weighted by Crippen LogP contribution is -2.42. The van der Waals surface area contributed by atoms with Crippen molar-refractivity contribution in [2.45, 2.75) is 38.6 Å². The van der Waals surface area contributed by atoms with Crippen LogP contribution in [0, 0.1) is 16.0 Å². The van der Waals surface area contributed by atoms with Gasteiger partial charge < -0.3 is 15.0 Å². The summed E-state index contributed by atoms with van der Waals surface area (Å²) in [7, 11) is 3.43. The van der Waals surface area contributed by atoms with Crippen LogP contribution in [0.15, 0.2) is 18.2 Å². The van der Waals surface area contributed by atoms with Gasteiger partial charge >= 0.3 is 5.97 Å². The van der Waals surface area contributed by atoms with Gasteiger partial charge in [0.1, 0.15) is 0 Å². The number of nitrogens with one attached hydrogen (secondary N) is 1. The number of hydrogen-bond donors (Lipinski definition) is 1. The van der Waals surface area contributed by atoms with Gasteiger partial charge in [0.25, 0.3) is 11.6 Å². The van der Waals surface area contributed by atoms with E-state index >= 15 is 0 Å². The van der Waals surface area contributed by atoms with E-state index in [-0.39, 0.29) is 23.2 Å². The number of esters is 1. The highest BCUT2D eigenvalue weighted by Gasteiger charge is 2.24. The lowest BCUT2D eigenvalue weighted by molar-refractivity contribution is -0.384. The van der Waals surface area contributed by atoms with E-state index in [1.54, 1.807) is 19.0 Å². The third kappa shape index (κ3) is 4.93. The SMILES string of the molecule is C[C@H]1CCCC[C@@H]1NC(=O)COC(=O)c1cc([N+](=O)[O-])ccc1N(C)C. The highest BCUT2D eigenvalue weighted by molar-refractivity contribution is 5.97. The van der Waals surface area contributed by atoms with Crippen molar-refractivity contribution in [2.75, 3.05) is 25.6 Å². The van der Waals surface area contributed by atoms with Gasteiger partial charge in [-0.3, -0.25) is 14.9 Å². The van der Waals surface area contributed by atoms with E-state index in [1.807, 2.05) is 0 Å². The van der Waals surface area contributed by atoms with E-state index in [1.165, 1.54) is 24.6 Å². The number of non-ortho nitro benzene ring substituents is 1. The van der Waals surface area contributed by atoms with E-state index in [4.69, 9.17) is 4.74 Å². The normalized spacial score (nSPS) is 19.5. The lowest BCUT2D eigenvalue weighted by atomic mass is 9.86. The average Bonchev–Trinajstić information content (AvgIpc) is 2.61. The van der Waals surface area contributed by atoms with E-state index in [9.17, 15) is 19.7 Å². The molecular formula is C18H25N3O5. The summed E-state index contributed by atoms with van der Waals surface area (Å²) in [5.41, 5.74) is 0.341. The summed E-state index contributed by atoms with van der Waals surface area (Å²) in [5.74, 6) is -0.710. The zero-order valence-corrected chi connectivity index (χ0v) is 15.4. The van der Waals surface area contributed by atoms with Gasteiger partial charge in [-0.05, 0) is 24.8 Å². The molecule has 8 nitrogen and oxygen atoms in total. The Labute approximate surface area is 152 Å². The molecule has 0 spiro atoms. The molecule has 1 amide bonds. The highest BCUT2D eigenvalue weighted by Crippen LogP contribution is 2.25. The van der Waals surface area contributed by atoms with Crippen molar-refractivity contribution in [2.24, 2.45) is 5.92 Å². The first-order valence-electron chi connectivity index (χ1n) is 8.72. The van der Waals surface area contributed by atoms with Gasteiger partial charge in [-0.2, -0.15) is 0 Å². The van der Waals surface area contributed by atoms with E-state index in [2.05, 4.69) is 12.2 Å². The van der Waals surface area contributed by atoms with Crippen LogP contribution in [0.4, 0.5) is 11.4 Å². The Morgan fingerprint density at radius 3 is 2.62 bits per heavy atom. The van der Waals surface area contributed by atoms with Gasteiger partial charge in [0.05, 0.1) is 16.2 Å². The van der Waals surface area contributed by atoms with E-state index in [0.29, 0.717) is 11.6 Å². The number of amides is 1. The third-order valence-corrected chi connectivity index (χ3v) is 4.68. The van der Waals surface area contributed by atoms with Gasteiger partial charge in [0, 0.05) is 32.3 Å². The van der Waals surface area contributed by atoms with Crippen molar-refractivity contribution in [3.8, 4) is 0 Å². The minimum atomic E-state index is -0.760. The lowest BCUT2D eigenvalue weighted by Gasteiger charge is -2.29. The quantitative estimate of drug-likeness (QED) is 0.473. The Bertz CT molecular complexity index is 689. The van der Waals surface area contributed by atoms with Crippen LogP contribution in [0.2, 0.25) is 0 Å². The molecule has 0 unspecified atom stereocenters. The fourth-order valence-electron chi connectivity index (χ4n) is 3.18. The second-order valence-corrected chi connectivity index (χ2v) is 6.86. The molecule has 26 heavy (non-hydrogen) atoms. The molecule has 1 N–H and O–H groups in total. The largest absolute Gasteiger partial charge is 0.452 e. The van der Waals surface area contributed by atoms with Crippen molar-refractivity contribution in [3.63, 3.8) is 0 Å². The first kappa shape index (κ1) is 19.7. The summed E-state index contributed by atoms with van der Waals surface area (Å²) < 4.78 is 5.09. The van der Waals surface area contributed by atoms with Crippen LogP contribution in [0.25, 0.3) is 0 Å². The Balaban J connectivity index is 2.01. The van der Waals surface area contributed by atoms with E-state index < -0.39 is 17.5 Å². The van der Waals surface area contributed by atoms with Crippen LogP contribution in [-0.2, 0) is 9.53 Å². The van der Waals surface area contributed by atoms with Crippen LogP contribution in [0.1, 0.15) is 43.0 Å². The van der Waals surface area contributed by atoms with Crippen LogP contribution in [0.5, 0.6) is 0 Å². The second-order valence-electron chi connectivity index (χ2n) is 6.86. The van der Waals surface area contributed by atoms with Crippen molar-refractivity contribution in [1.82, 2.24) is 5.32 Å². The monoisotopic (exact) mass is 363 g/mol. The molecule has 142 valence electrons. The molecule has 0 bridgehead atoms. The smallest absolute Gasteiger partial charge is 0.341 e. The number of anilines is 1. The molecule has 8 heteroatoms. The number of nitrogens with zero attached hydrogens (tertiary/aromatic N) is 2. The van der Waals surface area contributed by atoms with Crippen LogP contribution in [0.3, 0.4) is 0 Å². The molecule has 0 aromatic heterocycles. The molecule has 1 fully saturated rings. The maximum atomic E-state index is 12.4. The molecule has 2 rings (SSSR count). The standard InChI is InChI=1S/C18H25N3O5/c1-12-6-4-5-7-15(12)19-17(22)11-26-18(23)14-10-13(21(24)25)8-9-16(14)20(2)3/h8-10,12,15H,4-7,11H2,1-3H3,(H,19,22)/t12-,15-/m0/s1. The van der Waals surface area contributed by atoms with Crippen LogP contribution in [-0.4, -0.2) is 43.5 Å². The van der Waals surface area contributed by atoms with Gasteiger partial charge in [0.2, 0.25) is 0 Å². The minimum absolute atomic E-state index is 0.0584. The molecule has 1 aliphatic rings. The molecule has 1 saturated carbocycles. The predicted octanol–water partition coefficient (Wildman–Crippen LogP) is 2.51. The number of carbonyl (C=O) groups excluding carboxylic acids is 2. The molecule has 0 heterocycles. The Hall–Kier alpha value is -2.64. The van der Waals surface area contributed by atoms with Gasteiger partial charge in [0.15, 0.2) is 6.61 Å². The number of rotatable bonds is 6. The first-order valence-corrected chi connectivity index (χ1v) is 8.72. The number of nitro groups is 1. The van der Waals surface area contributed by atoms with E-state index in [0.717, 1.165) is 19.3 Å². The maximum absolute atomic E-state index is 12.4. The van der Waals surface area contributed by atoms with Gasteiger partial charge in [-0.25, -0.2) is 4.79 Å². The molecule has 1 aromatic carbocycles. The van der Waals surface area contributed by atoms with Crippen molar-refractivity contribution >= 4 is 23.3 Å². The van der Waals surface area contributed by atoms with Crippen molar-refractivity contribution in [3.05, 3.63) is 33.9 Å². The first-order chi connectivity index (χ1) is 12.3. The zero-order chi connectivity index (χ0) is 19.3. The summed E-state index contributed by atoms with van der Waals surface area (Å²) in [6, 6.07) is 4.07. The fraction of sp³-hybridized carbons (Fsp3) is 0.556. The second kappa shape index (κ2) is 8.64. The summed E-state index contributed by atoms with van der Waals surface area (Å²) in [4.78, 5) is 36.5. The third-order valence-electron chi connectivity index (χ3n) is 4.68.